The molecule has 13 heteroatoms. The van der Waals surface area contributed by atoms with Gasteiger partial charge in [0.15, 0.2) is 0 Å². The molecule has 3 amide bonds. The van der Waals surface area contributed by atoms with Crippen LogP contribution in [0.5, 0.6) is 0 Å². The maximum Gasteiger partial charge on any atom is 0.406 e. The number of piperazine rings is 1. The number of hydrogen-bond donors (Lipinski definition) is 2. The molecule has 0 radical (unpaired) electrons. The molecular weight excluding hydrogens is 540 g/mol. The average molecular weight is 574 g/mol. The van der Waals surface area contributed by atoms with Crippen molar-refractivity contribution < 1.29 is 37.4 Å². The molecule has 1 aromatic carbocycles. The Labute approximate surface area is 236 Å². The minimum absolute atomic E-state index is 0.130. The molecule has 4 rings (SSSR count). The van der Waals surface area contributed by atoms with Gasteiger partial charge in [0.05, 0.1) is 19.6 Å². The molecule has 0 spiro atoms. The van der Waals surface area contributed by atoms with Gasteiger partial charge in [0.2, 0.25) is 5.91 Å². The maximum atomic E-state index is 15.1. The molecule has 2 N–H and O–H groups in total. The minimum Gasteiger partial charge on any atom is -0.460 e. The lowest BCUT2D eigenvalue weighted by Gasteiger charge is -2.37. The number of alkyl carbamates (subject to hydrolysis) is 1. The number of nitrogens with zero attached hydrogens (tertiary/aromatic N) is 3. The molecule has 0 aliphatic carbocycles. The van der Waals surface area contributed by atoms with Gasteiger partial charge < -0.3 is 29.9 Å². The van der Waals surface area contributed by atoms with Gasteiger partial charge in [0.25, 0.3) is 5.91 Å². The van der Waals surface area contributed by atoms with Crippen molar-refractivity contribution in [2.45, 2.75) is 38.3 Å². The second-order valence-electron chi connectivity index (χ2n) is 10.1. The van der Waals surface area contributed by atoms with E-state index in [0.29, 0.717) is 24.0 Å². The quantitative estimate of drug-likeness (QED) is 0.436. The number of cyclic esters (lactones) is 1. The summed E-state index contributed by atoms with van der Waals surface area (Å²) in [6, 6.07) is 4.86. The highest BCUT2D eigenvalue weighted by atomic mass is 19.1. The summed E-state index contributed by atoms with van der Waals surface area (Å²) in [5.41, 5.74) is 0.647. The molecule has 2 aliphatic rings. The summed E-state index contributed by atoms with van der Waals surface area (Å²) < 4.78 is 39.9. The van der Waals surface area contributed by atoms with Crippen LogP contribution in [-0.4, -0.2) is 85.7 Å². The van der Waals surface area contributed by atoms with Gasteiger partial charge in [0.1, 0.15) is 29.5 Å². The Kier molecular flexibility index (Phi) is 9.69. The highest BCUT2D eigenvalue weighted by molar-refractivity contribution is 5.97. The van der Waals surface area contributed by atoms with Crippen molar-refractivity contribution in [2.24, 2.45) is 5.92 Å². The molecule has 1 aromatic heterocycles. The van der Waals surface area contributed by atoms with E-state index in [1.807, 2.05) is 0 Å². The highest BCUT2D eigenvalue weighted by Gasteiger charge is 2.34. The first-order valence-corrected chi connectivity index (χ1v) is 13.4. The number of aromatic nitrogens is 1. The fraction of sp³-hybridized carbons (Fsp3) is 0.464. The Morgan fingerprint density at radius 2 is 1.78 bits per heavy atom. The number of ether oxygens (including phenoxy) is 2. The van der Waals surface area contributed by atoms with E-state index in [1.54, 1.807) is 28.9 Å². The number of amides is 3. The smallest absolute Gasteiger partial charge is 0.406 e. The van der Waals surface area contributed by atoms with Crippen LogP contribution in [-0.2, 0) is 25.5 Å². The first-order chi connectivity index (χ1) is 19.7. The Hall–Kier alpha value is -4.29. The van der Waals surface area contributed by atoms with Crippen LogP contribution in [0.3, 0.4) is 0 Å². The van der Waals surface area contributed by atoms with E-state index in [-0.39, 0.29) is 50.7 Å². The van der Waals surface area contributed by atoms with E-state index < -0.39 is 47.7 Å². The van der Waals surface area contributed by atoms with Crippen LogP contribution < -0.4 is 15.5 Å². The third kappa shape index (κ3) is 7.47. The average Bonchev–Trinajstić information content (AvgIpc) is 3.33. The predicted octanol–water partition coefficient (Wildman–Crippen LogP) is 2.05. The topological polar surface area (TPSA) is 130 Å². The normalized spacial score (nSPS) is 19.4. The predicted molar refractivity (Wildman–Crippen MR) is 143 cm³/mol. The van der Waals surface area contributed by atoms with Gasteiger partial charge in [-0.2, -0.15) is 0 Å². The summed E-state index contributed by atoms with van der Waals surface area (Å²) in [5, 5.41) is 5.16. The number of anilines is 1. The molecule has 2 aromatic rings. The fourth-order valence-corrected chi connectivity index (χ4v) is 5.03. The van der Waals surface area contributed by atoms with Gasteiger partial charge in [-0.05, 0) is 56.0 Å². The van der Waals surface area contributed by atoms with Crippen LogP contribution in [0.1, 0.15) is 35.7 Å². The standard InChI is InChI=1S/C28H33F2N5O6/c1-17(33-25(36)19-5-7-31-8-6-19)26(37)35-11-9-34(10-12-35)24-22(29)13-18(14-23(24)30)3-4-20-15-21(41-27(20)38)16-32-28(39)40-2/h5-8,13-14,17,20-21H,3-4,9-12,15-16H2,1-2H3,(H,32,39)(H,33,36). The summed E-state index contributed by atoms with van der Waals surface area (Å²) in [4.78, 5) is 55.6. The number of halogens is 2. The lowest BCUT2D eigenvalue weighted by Crippen LogP contribution is -2.54. The summed E-state index contributed by atoms with van der Waals surface area (Å²) >= 11 is 0. The van der Waals surface area contributed by atoms with E-state index in [9.17, 15) is 19.2 Å². The number of esters is 1. The zero-order valence-electron chi connectivity index (χ0n) is 22.9. The number of methoxy groups -OCH3 is 1. The second kappa shape index (κ2) is 13.4. The van der Waals surface area contributed by atoms with E-state index in [4.69, 9.17) is 4.74 Å². The van der Waals surface area contributed by atoms with Gasteiger partial charge in [-0.1, -0.05) is 0 Å². The van der Waals surface area contributed by atoms with E-state index in [1.165, 1.54) is 31.6 Å². The number of hydrogen-bond acceptors (Lipinski definition) is 8. The van der Waals surface area contributed by atoms with E-state index >= 15 is 8.78 Å². The molecule has 41 heavy (non-hydrogen) atoms. The Morgan fingerprint density at radius 3 is 2.41 bits per heavy atom. The van der Waals surface area contributed by atoms with Crippen LogP contribution in [0.25, 0.3) is 0 Å². The lowest BCUT2D eigenvalue weighted by molar-refractivity contribution is -0.144. The van der Waals surface area contributed by atoms with Crippen LogP contribution in [0, 0.1) is 17.6 Å². The molecule has 3 heterocycles. The summed E-state index contributed by atoms with van der Waals surface area (Å²) in [6.07, 6.45) is 2.89. The number of carbonyl (C=O) groups excluding carboxylic acids is 4. The van der Waals surface area contributed by atoms with Crippen LogP contribution in [0.4, 0.5) is 19.3 Å². The molecule has 2 aliphatic heterocycles. The largest absolute Gasteiger partial charge is 0.460 e. The zero-order valence-corrected chi connectivity index (χ0v) is 22.9. The number of carbonyl (C=O) groups is 4. The minimum atomic E-state index is -0.772. The van der Waals surface area contributed by atoms with Crippen molar-refractivity contribution in [1.82, 2.24) is 20.5 Å². The molecule has 2 fully saturated rings. The monoisotopic (exact) mass is 573 g/mol. The highest BCUT2D eigenvalue weighted by Crippen LogP contribution is 2.29. The third-order valence-electron chi connectivity index (χ3n) is 7.25. The van der Waals surface area contributed by atoms with Gasteiger partial charge in [0, 0.05) is 44.1 Å². The van der Waals surface area contributed by atoms with Crippen molar-refractivity contribution in [2.75, 3.05) is 44.7 Å². The van der Waals surface area contributed by atoms with Crippen molar-refractivity contribution in [3.8, 4) is 0 Å². The Morgan fingerprint density at radius 1 is 1.12 bits per heavy atom. The molecule has 3 atom stereocenters. The number of pyridine rings is 1. The maximum absolute atomic E-state index is 15.1. The number of rotatable bonds is 9. The molecule has 220 valence electrons. The van der Waals surface area contributed by atoms with E-state index in [0.717, 1.165) is 0 Å². The van der Waals surface area contributed by atoms with Crippen molar-refractivity contribution in [1.29, 1.82) is 0 Å². The molecular formula is C28H33F2N5O6. The third-order valence-corrected chi connectivity index (χ3v) is 7.25. The van der Waals surface area contributed by atoms with Crippen molar-refractivity contribution >= 4 is 29.6 Å². The number of aryl methyl sites for hydroxylation is 1. The van der Waals surface area contributed by atoms with Crippen molar-refractivity contribution in [3.63, 3.8) is 0 Å². The van der Waals surface area contributed by atoms with Crippen LogP contribution >= 0.6 is 0 Å². The molecule has 0 bridgehead atoms. The van der Waals surface area contributed by atoms with Gasteiger partial charge >= 0.3 is 12.1 Å². The van der Waals surface area contributed by atoms with Crippen molar-refractivity contribution in [3.05, 3.63) is 59.4 Å². The summed E-state index contributed by atoms with van der Waals surface area (Å²) in [7, 11) is 1.24. The number of benzene rings is 1. The molecule has 3 unspecified atom stereocenters. The zero-order chi connectivity index (χ0) is 29.5. The molecule has 0 saturated carbocycles. The summed E-state index contributed by atoms with van der Waals surface area (Å²) in [5.74, 6) is -2.95. The lowest BCUT2D eigenvalue weighted by atomic mass is 9.96. The second-order valence-corrected chi connectivity index (χ2v) is 10.1. The molecule has 2 saturated heterocycles. The first kappa shape index (κ1) is 29.7. The van der Waals surface area contributed by atoms with Crippen LogP contribution in [0.2, 0.25) is 0 Å². The first-order valence-electron chi connectivity index (χ1n) is 13.4. The summed E-state index contributed by atoms with van der Waals surface area (Å²) in [6.45, 7) is 2.65. The number of nitrogens with one attached hydrogen (secondary N) is 2. The molecule has 11 nitrogen and oxygen atoms in total. The SMILES string of the molecule is COC(=O)NCC1CC(CCc2cc(F)c(N3CCN(C(=O)C(C)NC(=O)c4ccncc4)CC3)c(F)c2)C(=O)O1. The van der Waals surface area contributed by atoms with Gasteiger partial charge in [-0.25, -0.2) is 13.6 Å². The van der Waals surface area contributed by atoms with Crippen LogP contribution in [0.15, 0.2) is 36.7 Å². The van der Waals surface area contributed by atoms with Gasteiger partial charge in [-0.15, -0.1) is 0 Å². The fourth-order valence-electron chi connectivity index (χ4n) is 5.03. The Balaban J connectivity index is 1.27. The Bertz CT molecular complexity index is 1250. The van der Waals surface area contributed by atoms with Gasteiger partial charge in [-0.3, -0.25) is 19.4 Å². The van der Waals surface area contributed by atoms with E-state index in [2.05, 4.69) is 20.4 Å².